The Bertz CT molecular complexity index is 762. The molecule has 138 valence electrons. The van der Waals surface area contributed by atoms with Gasteiger partial charge in [0, 0.05) is 11.6 Å². The summed E-state index contributed by atoms with van der Waals surface area (Å²) >= 11 is 0. The van der Waals surface area contributed by atoms with Crippen molar-refractivity contribution in [2.45, 2.75) is 19.8 Å². The second-order valence-electron chi connectivity index (χ2n) is 5.70. The van der Waals surface area contributed by atoms with Gasteiger partial charge in [0.2, 0.25) is 0 Å². The number of hydrogen-bond donors (Lipinski definition) is 1. The van der Waals surface area contributed by atoms with Crippen molar-refractivity contribution in [3.63, 3.8) is 0 Å². The number of carbonyl (C=O) groups is 1. The number of benzene rings is 2. The summed E-state index contributed by atoms with van der Waals surface area (Å²) in [4.78, 5) is 11.8. The van der Waals surface area contributed by atoms with E-state index < -0.39 is 5.97 Å². The van der Waals surface area contributed by atoms with Crippen molar-refractivity contribution in [2.24, 2.45) is 0 Å². The van der Waals surface area contributed by atoms with Crippen molar-refractivity contribution in [1.82, 2.24) is 0 Å². The summed E-state index contributed by atoms with van der Waals surface area (Å²) in [6.07, 6.45) is 3.55. The van der Waals surface area contributed by atoms with E-state index in [-0.39, 0.29) is 5.57 Å². The molecule has 0 aliphatic heterocycles. The number of ether oxygens (including phenoxy) is 3. The largest absolute Gasteiger partial charge is 0.497 e. The molecule has 0 fully saturated rings. The van der Waals surface area contributed by atoms with Gasteiger partial charge in [0.25, 0.3) is 0 Å². The number of carboxylic acids is 1. The number of rotatable bonds is 9. The summed E-state index contributed by atoms with van der Waals surface area (Å²) in [5.74, 6) is 0.928. The van der Waals surface area contributed by atoms with Crippen molar-refractivity contribution in [2.75, 3.05) is 20.8 Å². The van der Waals surface area contributed by atoms with Crippen LogP contribution in [0.15, 0.2) is 42.5 Å². The van der Waals surface area contributed by atoms with Gasteiger partial charge in [-0.1, -0.05) is 25.5 Å². The average molecular weight is 356 g/mol. The highest BCUT2D eigenvalue weighted by molar-refractivity contribution is 6.20. The van der Waals surface area contributed by atoms with Crippen LogP contribution in [-0.2, 0) is 4.79 Å². The molecule has 2 rings (SSSR count). The van der Waals surface area contributed by atoms with Crippen LogP contribution < -0.4 is 14.2 Å². The summed E-state index contributed by atoms with van der Waals surface area (Å²) < 4.78 is 16.2. The number of methoxy groups -OCH3 is 2. The molecular weight excluding hydrogens is 332 g/mol. The highest BCUT2D eigenvalue weighted by atomic mass is 16.5. The fraction of sp³-hybridized carbons (Fsp3) is 0.286. The Labute approximate surface area is 153 Å². The minimum absolute atomic E-state index is 0.179. The van der Waals surface area contributed by atoms with Crippen LogP contribution in [-0.4, -0.2) is 31.9 Å². The van der Waals surface area contributed by atoms with E-state index in [0.29, 0.717) is 35.0 Å². The molecule has 0 atom stereocenters. The first kappa shape index (κ1) is 19.4. The first-order chi connectivity index (χ1) is 12.6. The Morgan fingerprint density at radius 3 is 2.27 bits per heavy atom. The summed E-state index contributed by atoms with van der Waals surface area (Å²) in [5.41, 5.74) is 1.46. The van der Waals surface area contributed by atoms with Gasteiger partial charge in [0.1, 0.15) is 17.2 Å². The first-order valence-corrected chi connectivity index (χ1v) is 8.49. The van der Waals surface area contributed by atoms with Crippen molar-refractivity contribution >= 4 is 17.6 Å². The highest BCUT2D eigenvalue weighted by Crippen LogP contribution is 2.30. The molecule has 26 heavy (non-hydrogen) atoms. The lowest BCUT2D eigenvalue weighted by molar-refractivity contribution is -0.130. The standard InChI is InChI=1S/C21H24O5/c1-4-5-12-26-20-14-18(25-3)11-8-16(20)13-19(21(22)23)15-6-9-17(24-2)10-7-15/h6-11,13-14H,4-5,12H2,1-3H3,(H,22,23)/b19-13-. The summed E-state index contributed by atoms with van der Waals surface area (Å²) in [6.45, 7) is 2.65. The third-order valence-electron chi connectivity index (χ3n) is 3.91. The lowest BCUT2D eigenvalue weighted by Crippen LogP contribution is -2.02. The zero-order chi connectivity index (χ0) is 18.9. The molecule has 0 amide bonds. The molecule has 0 unspecified atom stereocenters. The second kappa shape index (κ2) is 9.51. The number of unbranched alkanes of at least 4 members (excludes halogenated alkanes) is 1. The predicted molar refractivity (Wildman–Crippen MR) is 102 cm³/mol. The van der Waals surface area contributed by atoms with Crippen LogP contribution in [0.5, 0.6) is 17.2 Å². The van der Waals surface area contributed by atoms with Gasteiger partial charge < -0.3 is 19.3 Å². The SMILES string of the molecule is CCCCOc1cc(OC)ccc1/C=C(\C(=O)O)c1ccc(OC)cc1. The van der Waals surface area contributed by atoms with Crippen molar-refractivity contribution in [1.29, 1.82) is 0 Å². The van der Waals surface area contributed by atoms with Crippen LogP contribution in [0, 0.1) is 0 Å². The third-order valence-corrected chi connectivity index (χ3v) is 3.91. The van der Waals surface area contributed by atoms with Gasteiger partial charge in [-0.05, 0) is 42.3 Å². The van der Waals surface area contributed by atoms with E-state index in [1.54, 1.807) is 62.8 Å². The molecule has 0 saturated heterocycles. The van der Waals surface area contributed by atoms with Gasteiger partial charge in [0.15, 0.2) is 0 Å². The second-order valence-corrected chi connectivity index (χ2v) is 5.70. The van der Waals surface area contributed by atoms with Gasteiger partial charge in [-0.3, -0.25) is 0 Å². The fourth-order valence-electron chi connectivity index (χ4n) is 2.41. The van der Waals surface area contributed by atoms with Crippen LogP contribution in [0.1, 0.15) is 30.9 Å². The maximum absolute atomic E-state index is 11.8. The molecule has 5 heteroatoms. The maximum atomic E-state index is 11.8. The van der Waals surface area contributed by atoms with Gasteiger partial charge >= 0.3 is 5.97 Å². The number of carboxylic acid groups (broad SMARTS) is 1. The quantitative estimate of drug-likeness (QED) is 0.407. The van der Waals surface area contributed by atoms with Crippen LogP contribution >= 0.6 is 0 Å². The number of hydrogen-bond acceptors (Lipinski definition) is 4. The van der Waals surface area contributed by atoms with Gasteiger partial charge in [0.05, 0.1) is 26.4 Å². The Morgan fingerprint density at radius 1 is 1.04 bits per heavy atom. The van der Waals surface area contributed by atoms with Crippen molar-refractivity contribution < 1.29 is 24.1 Å². The molecule has 2 aromatic rings. The van der Waals surface area contributed by atoms with Gasteiger partial charge in [-0.2, -0.15) is 0 Å². The topological polar surface area (TPSA) is 65.0 Å². The lowest BCUT2D eigenvalue weighted by atomic mass is 10.0. The van der Waals surface area contributed by atoms with E-state index in [1.165, 1.54) is 0 Å². The van der Waals surface area contributed by atoms with Gasteiger partial charge in [-0.15, -0.1) is 0 Å². The van der Waals surface area contributed by atoms with E-state index in [1.807, 2.05) is 0 Å². The van der Waals surface area contributed by atoms with Crippen molar-refractivity contribution in [3.8, 4) is 17.2 Å². The summed E-state index contributed by atoms with van der Waals surface area (Å²) in [7, 11) is 3.15. The molecule has 0 saturated carbocycles. The van der Waals surface area contributed by atoms with Gasteiger partial charge in [-0.25, -0.2) is 4.79 Å². The molecule has 1 N–H and O–H groups in total. The number of aliphatic carboxylic acids is 1. The predicted octanol–water partition coefficient (Wildman–Crippen LogP) is 4.51. The van der Waals surface area contributed by atoms with E-state index in [0.717, 1.165) is 12.8 Å². The molecule has 0 aromatic heterocycles. The molecule has 0 radical (unpaired) electrons. The van der Waals surface area contributed by atoms with Crippen LogP contribution in [0.2, 0.25) is 0 Å². The molecule has 0 heterocycles. The Balaban J connectivity index is 2.42. The van der Waals surface area contributed by atoms with E-state index in [2.05, 4.69) is 6.92 Å². The monoisotopic (exact) mass is 356 g/mol. The zero-order valence-corrected chi connectivity index (χ0v) is 15.3. The molecule has 2 aromatic carbocycles. The molecule has 0 aliphatic carbocycles. The summed E-state index contributed by atoms with van der Waals surface area (Å²) in [6, 6.07) is 12.3. The fourth-order valence-corrected chi connectivity index (χ4v) is 2.41. The molecule has 5 nitrogen and oxygen atoms in total. The minimum atomic E-state index is -1.01. The first-order valence-electron chi connectivity index (χ1n) is 8.49. The lowest BCUT2D eigenvalue weighted by Gasteiger charge is -2.12. The highest BCUT2D eigenvalue weighted by Gasteiger charge is 2.13. The normalized spacial score (nSPS) is 11.1. The summed E-state index contributed by atoms with van der Waals surface area (Å²) in [5, 5.41) is 9.66. The van der Waals surface area contributed by atoms with Crippen LogP contribution in [0.3, 0.4) is 0 Å². The zero-order valence-electron chi connectivity index (χ0n) is 15.3. The Hall–Kier alpha value is -2.95. The molecule has 0 bridgehead atoms. The Morgan fingerprint density at radius 2 is 1.69 bits per heavy atom. The minimum Gasteiger partial charge on any atom is -0.497 e. The van der Waals surface area contributed by atoms with Crippen LogP contribution in [0.25, 0.3) is 11.6 Å². The van der Waals surface area contributed by atoms with Crippen molar-refractivity contribution in [3.05, 3.63) is 53.6 Å². The maximum Gasteiger partial charge on any atom is 0.336 e. The average Bonchev–Trinajstić information content (AvgIpc) is 2.67. The van der Waals surface area contributed by atoms with E-state index in [9.17, 15) is 9.90 Å². The Kier molecular flexibility index (Phi) is 7.09. The molecule has 0 spiro atoms. The molecule has 0 aliphatic rings. The van der Waals surface area contributed by atoms with E-state index >= 15 is 0 Å². The molecular formula is C21H24O5. The van der Waals surface area contributed by atoms with E-state index in [4.69, 9.17) is 14.2 Å². The smallest absolute Gasteiger partial charge is 0.336 e. The van der Waals surface area contributed by atoms with Crippen LogP contribution in [0.4, 0.5) is 0 Å². The third kappa shape index (κ3) is 5.02.